The molecule has 0 aliphatic rings. The SMILES string of the molecule is O=C(O)C([S-])C([S-])C(=O)O.O=C(O)C([S-])C([S-])C(=O)O.[CH3-].[O]=[99Tc+2]. The van der Waals surface area contributed by atoms with Crippen LogP contribution in [0.1, 0.15) is 0 Å². The molecule has 23 heavy (non-hydrogen) atoms. The first kappa shape index (κ1) is 30.6. The van der Waals surface area contributed by atoms with Crippen molar-refractivity contribution in [1.82, 2.24) is 0 Å². The van der Waals surface area contributed by atoms with Crippen LogP contribution in [0.15, 0.2) is 0 Å². The summed E-state index contributed by atoms with van der Waals surface area (Å²) in [7, 11) is 0. The number of hydrogen-bond donors (Lipinski definition) is 4. The summed E-state index contributed by atoms with van der Waals surface area (Å²) in [6.07, 6.45) is 0. The number of hydrogen-bond acceptors (Lipinski definition) is 9. The minimum absolute atomic E-state index is 0. The Morgan fingerprint density at radius 1 is 0.565 bits per heavy atom. The monoisotopic (exact) mass is 490 g/mol. The predicted molar refractivity (Wildman–Crippen MR) is 82.3 cm³/mol. The maximum atomic E-state index is 10.0. The van der Waals surface area contributed by atoms with Crippen molar-refractivity contribution in [1.29, 1.82) is 0 Å². The topological polar surface area (TPSA) is 166 Å². The molecule has 4 atom stereocenters. The molecule has 0 heterocycles. The summed E-state index contributed by atoms with van der Waals surface area (Å²) < 4.78 is 8.22. The molecule has 0 amide bonds. The number of carboxylic acid groups (broad SMARTS) is 4. The van der Waals surface area contributed by atoms with E-state index in [0.717, 1.165) is 18.9 Å². The van der Waals surface area contributed by atoms with Crippen LogP contribution in [0.3, 0.4) is 0 Å². The zero-order valence-corrected chi connectivity index (χ0v) is 16.3. The first-order chi connectivity index (χ1) is 9.93. The summed E-state index contributed by atoms with van der Waals surface area (Å²) in [6, 6.07) is 0. The van der Waals surface area contributed by atoms with Crippen LogP contribution in [0, 0.1) is 7.43 Å². The van der Waals surface area contributed by atoms with Crippen LogP contribution in [0.2, 0.25) is 0 Å². The molecule has 0 saturated heterocycles. The van der Waals surface area contributed by atoms with Crippen LogP contribution in [0.25, 0.3) is 0 Å². The van der Waals surface area contributed by atoms with Crippen LogP contribution in [-0.4, -0.2) is 65.3 Å². The fourth-order valence-electron chi connectivity index (χ4n) is 0.518. The van der Waals surface area contributed by atoms with Crippen molar-refractivity contribution in [3.8, 4) is 0 Å². The molecule has 9 nitrogen and oxygen atoms in total. The summed E-state index contributed by atoms with van der Waals surface area (Å²) in [4.78, 5) is 40.0. The van der Waals surface area contributed by atoms with Gasteiger partial charge in [0, 0.05) is 0 Å². The first-order valence-corrected chi connectivity index (χ1v) is 7.27. The van der Waals surface area contributed by atoms with Gasteiger partial charge in [-0.25, -0.2) is 0 Å². The molecular formula is C9H11O9S4Tc-3. The summed E-state index contributed by atoms with van der Waals surface area (Å²) in [6.45, 7) is 0. The third-order valence-electron chi connectivity index (χ3n) is 1.52. The van der Waals surface area contributed by atoms with Gasteiger partial charge in [-0.2, -0.15) is 0 Å². The summed E-state index contributed by atoms with van der Waals surface area (Å²) in [5.41, 5.74) is 0. The quantitative estimate of drug-likeness (QED) is 0.246. The van der Waals surface area contributed by atoms with Gasteiger partial charge >= 0.3 is 22.4 Å². The van der Waals surface area contributed by atoms with Gasteiger partial charge < -0.3 is 78.4 Å². The molecule has 0 aliphatic carbocycles. The molecule has 0 aromatic carbocycles. The van der Waals surface area contributed by atoms with Crippen molar-refractivity contribution in [2.45, 2.75) is 21.0 Å². The summed E-state index contributed by atoms with van der Waals surface area (Å²) in [5, 5.41) is 27.0. The Bertz CT molecular complexity index is 336. The van der Waals surface area contributed by atoms with Crippen LogP contribution >= 0.6 is 0 Å². The maximum absolute atomic E-state index is 10.0. The molecule has 0 spiro atoms. The Morgan fingerprint density at radius 3 is 0.696 bits per heavy atom. The van der Waals surface area contributed by atoms with E-state index in [-0.39, 0.29) is 7.43 Å². The van der Waals surface area contributed by atoms with Crippen LogP contribution < -0.4 is 0 Å². The van der Waals surface area contributed by atoms with Gasteiger partial charge in [0.25, 0.3) is 23.9 Å². The van der Waals surface area contributed by atoms with Gasteiger partial charge in [-0.3, -0.25) is 19.2 Å². The molecule has 4 N–H and O–H groups in total. The van der Waals surface area contributed by atoms with Crippen LogP contribution in [0.5, 0.6) is 0 Å². The summed E-state index contributed by atoms with van der Waals surface area (Å²) >= 11 is 18.0. The van der Waals surface area contributed by atoms with Crippen molar-refractivity contribution in [2.24, 2.45) is 0 Å². The van der Waals surface area contributed by atoms with E-state index in [9.17, 15) is 19.2 Å². The third kappa shape index (κ3) is 15.0. The number of rotatable bonds is 6. The third-order valence-corrected chi connectivity index (χ3v) is 3.76. The fraction of sp³-hybridized carbons (Fsp3) is 0.444. The molecule has 4 unspecified atom stereocenters. The van der Waals surface area contributed by atoms with Crippen molar-refractivity contribution in [3.05, 3.63) is 7.43 Å². The van der Waals surface area contributed by atoms with Crippen molar-refractivity contribution >= 4 is 74.4 Å². The molecule has 0 fully saturated rings. The van der Waals surface area contributed by atoms with Gasteiger partial charge in [0.2, 0.25) is 0 Å². The van der Waals surface area contributed by atoms with Gasteiger partial charge in [-0.15, -0.1) is 0 Å². The molecule has 14 heteroatoms. The predicted octanol–water partition coefficient (Wildman–Crippen LogP) is -1.70. The molecule has 0 aromatic heterocycles. The van der Waals surface area contributed by atoms with Crippen LogP contribution in [-0.2, 0) is 92.1 Å². The number of aliphatic carboxylic acids is 4. The minimum atomic E-state index is -1.42. The van der Waals surface area contributed by atoms with E-state index in [4.69, 9.17) is 23.9 Å². The van der Waals surface area contributed by atoms with Crippen LogP contribution in [0.4, 0.5) is 0 Å². The Balaban J connectivity index is -0.000000136. The second-order valence-corrected chi connectivity index (χ2v) is 5.07. The molecule has 0 rings (SSSR count). The van der Waals surface area contributed by atoms with Crippen molar-refractivity contribution in [3.63, 3.8) is 0 Å². The van der Waals surface area contributed by atoms with Gasteiger partial charge in [0.1, 0.15) is 0 Å². The molecule has 0 bridgehead atoms. The van der Waals surface area contributed by atoms with Gasteiger partial charge in [0.05, 0.1) is 0 Å². The first-order valence-electron chi connectivity index (χ1n) is 4.63. The average Bonchev–Trinajstić information content (AvgIpc) is 2.46. The average molecular weight is 490 g/mol. The van der Waals surface area contributed by atoms with E-state index < -0.39 is 44.9 Å². The van der Waals surface area contributed by atoms with E-state index in [1.165, 1.54) is 0 Å². The molecule has 0 aromatic rings. The zero-order chi connectivity index (χ0) is 18.6. The van der Waals surface area contributed by atoms with Gasteiger partial charge in [-0.05, 0) is 0 Å². The van der Waals surface area contributed by atoms with E-state index in [1.54, 1.807) is 0 Å². The van der Waals surface area contributed by atoms with Crippen molar-refractivity contribution < 1.29 is 62.0 Å². The zero-order valence-electron chi connectivity index (χ0n) is 11.2. The van der Waals surface area contributed by atoms with E-state index in [1.807, 2.05) is 0 Å². The van der Waals surface area contributed by atoms with Gasteiger partial charge in [-0.1, -0.05) is 21.0 Å². The Morgan fingerprint density at radius 2 is 0.652 bits per heavy atom. The Kier molecular flexibility index (Phi) is 22.1. The number of carboxylic acids is 4. The molecule has 135 valence electrons. The molecular weight excluding hydrogens is 479 g/mol. The Hall–Kier alpha value is -0.271. The van der Waals surface area contributed by atoms with E-state index >= 15 is 0 Å². The van der Waals surface area contributed by atoms with Gasteiger partial charge in [0.15, 0.2) is 0 Å². The standard InChI is InChI=1S/2C4H6O4S2.CH3.O.Tc/c2*5-3(6)1(9)2(10)4(7)8;;;/h2*1-2,9-10H,(H,5,6)(H,7,8);1H3;;/q;;-1;;+2/p-4/i;;;;1+1. The summed E-state index contributed by atoms with van der Waals surface area (Å²) in [5.74, 6) is -5.45. The molecule has 0 saturated carbocycles. The molecule has 0 aliphatic heterocycles. The second-order valence-electron chi connectivity index (χ2n) is 3.04. The van der Waals surface area contributed by atoms with Crippen molar-refractivity contribution in [2.75, 3.05) is 0 Å². The molecule has 0 radical (unpaired) electrons. The number of carbonyl (C=O) groups is 4. The normalized spacial score (nSPS) is 13.9. The van der Waals surface area contributed by atoms with E-state index in [2.05, 4.69) is 50.5 Å². The second kappa shape index (κ2) is 16.6. The Labute approximate surface area is 164 Å². The fourth-order valence-corrected chi connectivity index (χ4v) is 0.984. The van der Waals surface area contributed by atoms with E-state index in [0.29, 0.717) is 0 Å².